The molecule has 3 N–H and O–H groups in total. The van der Waals surface area contributed by atoms with Crippen LogP contribution in [0, 0.1) is 6.92 Å². The standard InChI is InChI=1S/C23H28N4O3/c1-17-6-5-7-18(14-17)23(30)24-15-21(28)25-20-10-12-27(13-11-20)16-22(29)26-19-8-3-2-4-9-19/h2-9,14,20H,10-13,15-16H2,1H3,(H,24,30)(H,25,28)(H,26,29). The number of anilines is 1. The molecule has 0 atom stereocenters. The lowest BCUT2D eigenvalue weighted by Gasteiger charge is -2.31. The second-order valence-corrected chi connectivity index (χ2v) is 7.58. The molecule has 1 aliphatic rings. The van der Waals surface area contributed by atoms with E-state index in [1.165, 1.54) is 0 Å². The lowest BCUT2D eigenvalue weighted by atomic mass is 10.0. The van der Waals surface area contributed by atoms with Gasteiger partial charge in [0.2, 0.25) is 11.8 Å². The van der Waals surface area contributed by atoms with Crippen molar-refractivity contribution in [3.05, 3.63) is 65.7 Å². The van der Waals surface area contributed by atoms with Crippen molar-refractivity contribution in [1.82, 2.24) is 15.5 Å². The van der Waals surface area contributed by atoms with E-state index in [0.717, 1.165) is 37.2 Å². The maximum Gasteiger partial charge on any atom is 0.251 e. The van der Waals surface area contributed by atoms with Gasteiger partial charge in [-0.2, -0.15) is 0 Å². The number of piperidine rings is 1. The van der Waals surface area contributed by atoms with E-state index in [1.807, 2.05) is 49.4 Å². The van der Waals surface area contributed by atoms with Gasteiger partial charge in [0, 0.05) is 30.4 Å². The summed E-state index contributed by atoms with van der Waals surface area (Å²) in [7, 11) is 0. The highest BCUT2D eigenvalue weighted by Gasteiger charge is 2.22. The zero-order chi connectivity index (χ0) is 21.3. The molecule has 1 heterocycles. The number of rotatable bonds is 7. The van der Waals surface area contributed by atoms with Crippen LogP contribution in [-0.2, 0) is 9.59 Å². The van der Waals surface area contributed by atoms with Crippen LogP contribution in [0.3, 0.4) is 0 Å². The smallest absolute Gasteiger partial charge is 0.251 e. The molecule has 0 radical (unpaired) electrons. The first-order valence-corrected chi connectivity index (χ1v) is 10.2. The zero-order valence-electron chi connectivity index (χ0n) is 17.2. The van der Waals surface area contributed by atoms with Crippen LogP contribution >= 0.6 is 0 Å². The molecule has 3 amide bonds. The zero-order valence-corrected chi connectivity index (χ0v) is 17.2. The van der Waals surface area contributed by atoms with E-state index in [1.54, 1.807) is 12.1 Å². The highest BCUT2D eigenvalue weighted by molar-refractivity contribution is 5.96. The van der Waals surface area contributed by atoms with Gasteiger partial charge in [-0.3, -0.25) is 19.3 Å². The Morgan fingerprint density at radius 3 is 2.40 bits per heavy atom. The molecule has 2 aromatic carbocycles. The molecule has 1 saturated heterocycles. The normalized spacial score (nSPS) is 14.7. The summed E-state index contributed by atoms with van der Waals surface area (Å²) in [6.45, 7) is 3.68. The summed E-state index contributed by atoms with van der Waals surface area (Å²) in [4.78, 5) is 38.6. The second kappa shape index (κ2) is 10.5. The summed E-state index contributed by atoms with van der Waals surface area (Å²) in [6, 6.07) is 16.7. The van der Waals surface area contributed by atoms with Gasteiger partial charge in [-0.05, 0) is 44.0 Å². The third-order valence-electron chi connectivity index (χ3n) is 5.07. The summed E-state index contributed by atoms with van der Waals surface area (Å²) in [5.41, 5.74) is 2.33. The first-order valence-electron chi connectivity index (χ1n) is 10.2. The number of carbonyl (C=O) groups excluding carboxylic acids is 3. The van der Waals surface area contributed by atoms with Crippen LogP contribution in [0.1, 0.15) is 28.8 Å². The molecule has 158 valence electrons. The number of likely N-dealkylation sites (tertiary alicyclic amines) is 1. The van der Waals surface area contributed by atoms with E-state index >= 15 is 0 Å². The SMILES string of the molecule is Cc1cccc(C(=O)NCC(=O)NC2CCN(CC(=O)Nc3ccccc3)CC2)c1. The number of nitrogens with one attached hydrogen (secondary N) is 3. The molecular weight excluding hydrogens is 380 g/mol. The summed E-state index contributed by atoms with van der Waals surface area (Å²) >= 11 is 0. The Balaban J connectivity index is 1.34. The minimum Gasteiger partial charge on any atom is -0.352 e. The molecule has 0 spiro atoms. The van der Waals surface area contributed by atoms with Gasteiger partial charge in [0.1, 0.15) is 0 Å². The molecule has 30 heavy (non-hydrogen) atoms. The molecule has 7 heteroatoms. The number of nitrogens with zero attached hydrogens (tertiary/aromatic N) is 1. The molecule has 0 saturated carbocycles. The Labute approximate surface area is 176 Å². The monoisotopic (exact) mass is 408 g/mol. The van der Waals surface area contributed by atoms with Crippen molar-refractivity contribution >= 4 is 23.4 Å². The van der Waals surface area contributed by atoms with Crippen LogP contribution in [0.25, 0.3) is 0 Å². The van der Waals surface area contributed by atoms with Crippen molar-refractivity contribution in [2.24, 2.45) is 0 Å². The van der Waals surface area contributed by atoms with Crippen LogP contribution < -0.4 is 16.0 Å². The molecule has 7 nitrogen and oxygen atoms in total. The lowest BCUT2D eigenvalue weighted by molar-refractivity contribution is -0.121. The van der Waals surface area contributed by atoms with Gasteiger partial charge in [-0.25, -0.2) is 0 Å². The molecule has 0 bridgehead atoms. The van der Waals surface area contributed by atoms with Gasteiger partial charge in [0.25, 0.3) is 5.91 Å². The van der Waals surface area contributed by atoms with Crippen LogP contribution in [0.4, 0.5) is 5.69 Å². The van der Waals surface area contributed by atoms with Crippen molar-refractivity contribution < 1.29 is 14.4 Å². The fourth-order valence-electron chi connectivity index (χ4n) is 3.49. The molecule has 0 unspecified atom stereocenters. The van der Waals surface area contributed by atoms with E-state index in [2.05, 4.69) is 20.9 Å². The van der Waals surface area contributed by atoms with Crippen LogP contribution in [-0.4, -0.2) is 54.8 Å². The largest absolute Gasteiger partial charge is 0.352 e. The van der Waals surface area contributed by atoms with Crippen molar-refractivity contribution in [3.63, 3.8) is 0 Å². The van der Waals surface area contributed by atoms with Crippen molar-refractivity contribution in [3.8, 4) is 0 Å². The highest BCUT2D eigenvalue weighted by atomic mass is 16.2. The predicted molar refractivity (Wildman–Crippen MR) is 116 cm³/mol. The lowest BCUT2D eigenvalue weighted by Crippen LogP contribution is -2.48. The van der Waals surface area contributed by atoms with E-state index in [0.29, 0.717) is 12.1 Å². The topological polar surface area (TPSA) is 90.5 Å². The molecule has 2 aromatic rings. The summed E-state index contributed by atoms with van der Waals surface area (Å²) in [6.07, 6.45) is 1.55. The number of carbonyl (C=O) groups is 3. The maximum absolute atomic E-state index is 12.2. The van der Waals surface area contributed by atoms with Crippen molar-refractivity contribution in [1.29, 1.82) is 0 Å². The Morgan fingerprint density at radius 1 is 0.967 bits per heavy atom. The van der Waals surface area contributed by atoms with E-state index in [9.17, 15) is 14.4 Å². The number of hydrogen-bond acceptors (Lipinski definition) is 4. The van der Waals surface area contributed by atoms with Gasteiger partial charge in [-0.15, -0.1) is 0 Å². The number of benzene rings is 2. The Hall–Kier alpha value is -3.19. The maximum atomic E-state index is 12.2. The molecule has 0 aromatic heterocycles. The second-order valence-electron chi connectivity index (χ2n) is 7.58. The van der Waals surface area contributed by atoms with Gasteiger partial charge in [0.05, 0.1) is 13.1 Å². The molecule has 1 fully saturated rings. The molecular formula is C23H28N4O3. The van der Waals surface area contributed by atoms with Gasteiger partial charge < -0.3 is 16.0 Å². The number of aryl methyl sites for hydroxylation is 1. The van der Waals surface area contributed by atoms with Gasteiger partial charge in [0.15, 0.2) is 0 Å². The van der Waals surface area contributed by atoms with Crippen LogP contribution in [0.15, 0.2) is 54.6 Å². The Morgan fingerprint density at radius 2 is 1.70 bits per heavy atom. The van der Waals surface area contributed by atoms with Crippen LogP contribution in [0.2, 0.25) is 0 Å². The fourth-order valence-corrected chi connectivity index (χ4v) is 3.49. The first-order chi connectivity index (χ1) is 14.5. The third kappa shape index (κ3) is 6.70. The average Bonchev–Trinajstić information content (AvgIpc) is 2.74. The van der Waals surface area contributed by atoms with Crippen LogP contribution in [0.5, 0.6) is 0 Å². The molecule has 1 aliphatic heterocycles. The summed E-state index contributed by atoms with van der Waals surface area (Å²) in [5.74, 6) is -0.494. The number of amides is 3. The molecule has 3 rings (SSSR count). The average molecular weight is 409 g/mol. The van der Waals surface area contributed by atoms with Gasteiger partial charge in [-0.1, -0.05) is 35.9 Å². The number of para-hydroxylation sites is 1. The predicted octanol–water partition coefficient (Wildman–Crippen LogP) is 1.94. The Bertz CT molecular complexity index is 877. The summed E-state index contributed by atoms with van der Waals surface area (Å²) < 4.78 is 0. The highest BCUT2D eigenvalue weighted by Crippen LogP contribution is 2.11. The minimum absolute atomic E-state index is 0.0393. The van der Waals surface area contributed by atoms with E-state index in [4.69, 9.17) is 0 Å². The molecule has 0 aliphatic carbocycles. The fraction of sp³-hybridized carbons (Fsp3) is 0.348. The summed E-state index contributed by atoms with van der Waals surface area (Å²) in [5, 5.41) is 8.52. The quantitative estimate of drug-likeness (QED) is 0.653. The minimum atomic E-state index is -0.256. The third-order valence-corrected chi connectivity index (χ3v) is 5.07. The van der Waals surface area contributed by atoms with E-state index in [-0.39, 0.29) is 30.3 Å². The Kier molecular flexibility index (Phi) is 7.57. The van der Waals surface area contributed by atoms with Crippen molar-refractivity contribution in [2.75, 3.05) is 31.5 Å². The number of hydrogen-bond donors (Lipinski definition) is 3. The van der Waals surface area contributed by atoms with Crippen molar-refractivity contribution in [2.45, 2.75) is 25.8 Å². The first kappa shape index (κ1) is 21.5. The van der Waals surface area contributed by atoms with Gasteiger partial charge >= 0.3 is 0 Å². The van der Waals surface area contributed by atoms with E-state index < -0.39 is 0 Å².